The standard InChI is InChI=1S/C22H24N2O4/c1-15-20(24-22(28-15)17-7-11-19(27-2)12-8-17)14-21(26)23-13-3-4-16-5-9-18(25)10-6-16/h5-12,25H,3-4,13-14H2,1-2H3,(H,23,26). The van der Waals surface area contributed by atoms with Crippen LogP contribution in [0.4, 0.5) is 0 Å². The molecule has 3 aromatic rings. The molecule has 2 aromatic carbocycles. The highest BCUT2D eigenvalue weighted by Crippen LogP contribution is 2.24. The maximum atomic E-state index is 12.2. The number of hydrogen-bond acceptors (Lipinski definition) is 5. The fourth-order valence-corrected chi connectivity index (χ4v) is 2.85. The van der Waals surface area contributed by atoms with Crippen molar-refractivity contribution in [2.45, 2.75) is 26.2 Å². The zero-order chi connectivity index (χ0) is 19.9. The smallest absolute Gasteiger partial charge is 0.226 e. The summed E-state index contributed by atoms with van der Waals surface area (Å²) in [5.41, 5.74) is 2.61. The van der Waals surface area contributed by atoms with E-state index in [2.05, 4.69) is 10.3 Å². The Bertz CT molecular complexity index is 915. The molecule has 0 unspecified atom stereocenters. The average molecular weight is 380 g/mol. The molecule has 0 aliphatic carbocycles. The zero-order valence-corrected chi connectivity index (χ0v) is 16.1. The SMILES string of the molecule is COc1ccc(-c2nc(CC(=O)NCCCc3ccc(O)cc3)c(C)o2)cc1. The van der Waals surface area contributed by atoms with Crippen LogP contribution in [0, 0.1) is 6.92 Å². The highest BCUT2D eigenvalue weighted by molar-refractivity contribution is 5.78. The first kappa shape index (κ1) is 19.5. The Morgan fingerprint density at radius 2 is 1.86 bits per heavy atom. The molecule has 0 saturated carbocycles. The second-order valence-corrected chi connectivity index (χ2v) is 6.55. The first-order valence-electron chi connectivity index (χ1n) is 9.20. The van der Waals surface area contributed by atoms with Gasteiger partial charge in [0.1, 0.15) is 17.3 Å². The number of benzene rings is 2. The Hall–Kier alpha value is -3.28. The number of rotatable bonds is 8. The molecular weight excluding hydrogens is 356 g/mol. The fraction of sp³-hybridized carbons (Fsp3) is 0.273. The molecule has 28 heavy (non-hydrogen) atoms. The topological polar surface area (TPSA) is 84.6 Å². The lowest BCUT2D eigenvalue weighted by Gasteiger charge is -2.05. The maximum absolute atomic E-state index is 12.2. The number of aromatic nitrogens is 1. The summed E-state index contributed by atoms with van der Waals surface area (Å²) in [7, 11) is 1.62. The number of phenols is 1. The van der Waals surface area contributed by atoms with Crippen molar-refractivity contribution in [1.29, 1.82) is 0 Å². The number of carbonyl (C=O) groups excluding carboxylic acids is 1. The molecule has 1 heterocycles. The number of nitrogens with one attached hydrogen (secondary N) is 1. The van der Waals surface area contributed by atoms with Gasteiger partial charge in [0.25, 0.3) is 0 Å². The van der Waals surface area contributed by atoms with Gasteiger partial charge in [-0.1, -0.05) is 12.1 Å². The minimum Gasteiger partial charge on any atom is -0.508 e. The second kappa shape index (κ2) is 9.08. The van der Waals surface area contributed by atoms with E-state index in [1.807, 2.05) is 43.3 Å². The third-order valence-electron chi connectivity index (χ3n) is 4.46. The van der Waals surface area contributed by atoms with E-state index >= 15 is 0 Å². The summed E-state index contributed by atoms with van der Waals surface area (Å²) in [4.78, 5) is 16.7. The number of aryl methyl sites for hydroxylation is 2. The molecule has 0 radical (unpaired) electrons. The Morgan fingerprint density at radius 3 is 2.54 bits per heavy atom. The normalized spacial score (nSPS) is 10.6. The summed E-state index contributed by atoms with van der Waals surface area (Å²) in [5, 5.41) is 12.2. The van der Waals surface area contributed by atoms with Gasteiger partial charge in [-0.05, 0) is 61.7 Å². The van der Waals surface area contributed by atoms with Gasteiger partial charge in [0.05, 0.1) is 19.2 Å². The summed E-state index contributed by atoms with van der Waals surface area (Å²) in [5.74, 6) is 2.08. The molecule has 1 aromatic heterocycles. The Balaban J connectivity index is 1.49. The number of amides is 1. The van der Waals surface area contributed by atoms with Gasteiger partial charge >= 0.3 is 0 Å². The van der Waals surface area contributed by atoms with Crippen LogP contribution >= 0.6 is 0 Å². The monoisotopic (exact) mass is 380 g/mol. The van der Waals surface area contributed by atoms with Crippen molar-refractivity contribution in [3.63, 3.8) is 0 Å². The highest BCUT2D eigenvalue weighted by Gasteiger charge is 2.14. The minimum atomic E-state index is -0.0802. The van der Waals surface area contributed by atoms with Gasteiger partial charge in [0.15, 0.2) is 0 Å². The maximum Gasteiger partial charge on any atom is 0.226 e. The van der Waals surface area contributed by atoms with Crippen LogP contribution in [0.1, 0.15) is 23.4 Å². The van der Waals surface area contributed by atoms with Crippen molar-refractivity contribution in [2.75, 3.05) is 13.7 Å². The summed E-state index contributed by atoms with van der Waals surface area (Å²) in [6.07, 6.45) is 1.85. The van der Waals surface area contributed by atoms with Crippen LogP contribution < -0.4 is 10.1 Å². The molecule has 3 rings (SSSR count). The molecular formula is C22H24N2O4. The molecule has 6 heteroatoms. The van der Waals surface area contributed by atoms with Crippen molar-refractivity contribution >= 4 is 5.91 Å². The number of carbonyl (C=O) groups is 1. The van der Waals surface area contributed by atoms with E-state index < -0.39 is 0 Å². The zero-order valence-electron chi connectivity index (χ0n) is 16.1. The van der Waals surface area contributed by atoms with E-state index in [0.29, 0.717) is 23.9 Å². The largest absolute Gasteiger partial charge is 0.508 e. The van der Waals surface area contributed by atoms with E-state index in [0.717, 1.165) is 29.7 Å². The molecule has 2 N–H and O–H groups in total. The molecule has 0 aliphatic heterocycles. The molecule has 146 valence electrons. The molecule has 0 bridgehead atoms. The summed E-state index contributed by atoms with van der Waals surface area (Å²) in [6.45, 7) is 2.40. The summed E-state index contributed by atoms with van der Waals surface area (Å²) >= 11 is 0. The van der Waals surface area contributed by atoms with Crippen LogP contribution in [0.25, 0.3) is 11.5 Å². The lowest BCUT2D eigenvalue weighted by Crippen LogP contribution is -2.26. The van der Waals surface area contributed by atoms with E-state index in [1.165, 1.54) is 0 Å². The summed E-state index contributed by atoms with van der Waals surface area (Å²) < 4.78 is 10.9. The number of aromatic hydroxyl groups is 1. The van der Waals surface area contributed by atoms with Gasteiger partial charge in [-0.15, -0.1) is 0 Å². The van der Waals surface area contributed by atoms with Crippen molar-refractivity contribution in [3.05, 3.63) is 65.5 Å². The van der Waals surface area contributed by atoms with E-state index in [4.69, 9.17) is 9.15 Å². The number of nitrogens with zero attached hydrogens (tertiary/aromatic N) is 1. The van der Waals surface area contributed by atoms with Crippen LogP contribution in [0.15, 0.2) is 52.9 Å². The van der Waals surface area contributed by atoms with Gasteiger partial charge in [0, 0.05) is 12.1 Å². The molecule has 1 amide bonds. The van der Waals surface area contributed by atoms with Crippen LogP contribution in [0.2, 0.25) is 0 Å². The molecule has 0 saturated heterocycles. The van der Waals surface area contributed by atoms with Crippen molar-refractivity contribution < 1.29 is 19.1 Å². The third kappa shape index (κ3) is 5.13. The Kier molecular flexibility index (Phi) is 6.32. The summed E-state index contributed by atoms with van der Waals surface area (Å²) in [6, 6.07) is 14.5. The van der Waals surface area contributed by atoms with Gasteiger partial charge in [-0.25, -0.2) is 4.98 Å². The van der Waals surface area contributed by atoms with E-state index in [-0.39, 0.29) is 18.1 Å². The fourth-order valence-electron chi connectivity index (χ4n) is 2.85. The van der Waals surface area contributed by atoms with Gasteiger partial charge in [-0.2, -0.15) is 0 Å². The number of hydrogen-bond donors (Lipinski definition) is 2. The van der Waals surface area contributed by atoms with Crippen LogP contribution in [0.3, 0.4) is 0 Å². The third-order valence-corrected chi connectivity index (χ3v) is 4.46. The van der Waals surface area contributed by atoms with Crippen molar-refractivity contribution in [2.24, 2.45) is 0 Å². The molecule has 0 spiro atoms. The predicted molar refractivity (Wildman–Crippen MR) is 106 cm³/mol. The Morgan fingerprint density at radius 1 is 1.14 bits per heavy atom. The van der Waals surface area contributed by atoms with Gasteiger partial charge in [0.2, 0.25) is 11.8 Å². The predicted octanol–water partition coefficient (Wildman–Crippen LogP) is 3.66. The van der Waals surface area contributed by atoms with Gasteiger partial charge < -0.3 is 19.6 Å². The quantitative estimate of drug-likeness (QED) is 0.583. The molecule has 0 atom stereocenters. The lowest BCUT2D eigenvalue weighted by molar-refractivity contribution is -0.120. The molecule has 0 fully saturated rings. The van der Waals surface area contributed by atoms with E-state index in [1.54, 1.807) is 19.2 Å². The van der Waals surface area contributed by atoms with Crippen LogP contribution in [0.5, 0.6) is 11.5 Å². The van der Waals surface area contributed by atoms with Crippen LogP contribution in [-0.2, 0) is 17.6 Å². The lowest BCUT2D eigenvalue weighted by atomic mass is 10.1. The molecule has 6 nitrogen and oxygen atoms in total. The van der Waals surface area contributed by atoms with Crippen molar-refractivity contribution in [1.82, 2.24) is 10.3 Å². The number of oxazole rings is 1. The first-order valence-corrected chi connectivity index (χ1v) is 9.20. The number of phenolic OH excluding ortho intramolecular Hbond substituents is 1. The van der Waals surface area contributed by atoms with Crippen molar-refractivity contribution in [3.8, 4) is 23.0 Å². The van der Waals surface area contributed by atoms with E-state index in [9.17, 15) is 9.90 Å². The average Bonchev–Trinajstić information content (AvgIpc) is 3.07. The second-order valence-electron chi connectivity index (χ2n) is 6.55. The van der Waals surface area contributed by atoms with Crippen LogP contribution in [-0.4, -0.2) is 29.7 Å². The first-order chi connectivity index (χ1) is 13.5. The number of ether oxygens (including phenoxy) is 1. The Labute approximate surface area is 164 Å². The highest BCUT2D eigenvalue weighted by atomic mass is 16.5. The minimum absolute atomic E-state index is 0.0802. The van der Waals surface area contributed by atoms with Gasteiger partial charge in [-0.3, -0.25) is 4.79 Å². The molecule has 0 aliphatic rings. The number of methoxy groups -OCH3 is 1.